The van der Waals surface area contributed by atoms with E-state index in [1.165, 1.54) is 21.1 Å². The van der Waals surface area contributed by atoms with Crippen LogP contribution in [0.5, 0.6) is 11.5 Å². The van der Waals surface area contributed by atoms with Gasteiger partial charge in [0.2, 0.25) is 10.0 Å². The molecule has 0 bridgehead atoms. The zero-order valence-corrected chi connectivity index (χ0v) is 42.7. The van der Waals surface area contributed by atoms with Crippen molar-refractivity contribution in [3.8, 4) is 34.3 Å². The predicted molar refractivity (Wildman–Crippen MR) is 266 cm³/mol. The summed E-state index contributed by atoms with van der Waals surface area (Å²) < 4.78 is 70.7. The van der Waals surface area contributed by atoms with Crippen molar-refractivity contribution in [2.45, 2.75) is 63.2 Å². The average molecular weight is 1020 g/mol. The minimum Gasteiger partial charge on any atom is -0.493 e. The van der Waals surface area contributed by atoms with Crippen molar-refractivity contribution in [1.29, 1.82) is 0 Å². The van der Waals surface area contributed by atoms with Crippen LogP contribution in [0.3, 0.4) is 0 Å². The fourth-order valence-corrected chi connectivity index (χ4v) is 11.6. The molecule has 0 aliphatic carbocycles. The maximum atomic E-state index is 14.0. The van der Waals surface area contributed by atoms with Gasteiger partial charge in [-0.05, 0) is 63.1 Å². The molecule has 2 aliphatic rings. The number of aromatic amines is 2. The van der Waals surface area contributed by atoms with Crippen LogP contribution in [0.2, 0.25) is 0 Å². The molecular weight excluding hydrogens is 957 g/mol. The highest BCUT2D eigenvalue weighted by Gasteiger charge is 2.31. The molecule has 2 saturated heterocycles. The number of H-pyrrole nitrogens is 2. The monoisotopic (exact) mass is 1020 g/mol. The maximum Gasteiger partial charge on any atom is 0.508 e. The number of rotatable bonds is 20. The van der Waals surface area contributed by atoms with Crippen molar-refractivity contribution >= 4 is 49.2 Å². The molecule has 2 N–H and O–H groups in total. The Labute approximate surface area is 413 Å². The van der Waals surface area contributed by atoms with Gasteiger partial charge in [0, 0.05) is 79.5 Å². The van der Waals surface area contributed by atoms with E-state index in [0.717, 1.165) is 18.5 Å². The Morgan fingerprint density at radius 1 is 0.676 bits per heavy atom. The van der Waals surface area contributed by atoms with Gasteiger partial charge in [0.05, 0.1) is 45.5 Å². The quantitative estimate of drug-likeness (QED) is 0.104. The smallest absolute Gasteiger partial charge is 0.493 e. The molecule has 0 spiro atoms. The summed E-state index contributed by atoms with van der Waals surface area (Å²) in [7, 11) is -2.03. The summed E-state index contributed by atoms with van der Waals surface area (Å²) in [5.41, 5.74) is 3.34. The highest BCUT2D eigenvalue weighted by Crippen LogP contribution is 2.34. The second kappa shape index (κ2) is 22.6. The first-order chi connectivity index (χ1) is 34.2. The molecule has 0 amide bonds. The molecule has 0 saturated carbocycles. The Balaban J connectivity index is 0.786. The van der Waals surface area contributed by atoms with Gasteiger partial charge in [-0.3, -0.25) is 28.8 Å². The maximum absolute atomic E-state index is 14.0. The minimum atomic E-state index is -3.94. The molecule has 2 aliphatic heterocycles. The van der Waals surface area contributed by atoms with Crippen LogP contribution in [0.15, 0.2) is 55.8 Å². The second-order valence-corrected chi connectivity index (χ2v) is 20.7. The fourth-order valence-electron chi connectivity index (χ4n) is 8.95. The van der Waals surface area contributed by atoms with Crippen molar-refractivity contribution < 1.29 is 36.4 Å². The topological polar surface area (TPSA) is 245 Å². The summed E-state index contributed by atoms with van der Waals surface area (Å²) in [6.07, 6.45) is 2.17. The van der Waals surface area contributed by atoms with E-state index in [-0.39, 0.29) is 48.1 Å². The number of hydrogen-bond acceptors (Lipinski definition) is 16. The molecule has 22 nitrogen and oxygen atoms in total. The average Bonchev–Trinajstić information content (AvgIpc) is 3.86. The number of sulfonamides is 1. The molecule has 2 aromatic carbocycles. The van der Waals surface area contributed by atoms with E-state index in [1.54, 1.807) is 43.0 Å². The van der Waals surface area contributed by atoms with Crippen molar-refractivity contribution in [1.82, 2.24) is 57.9 Å². The zero-order chi connectivity index (χ0) is 50.4. The summed E-state index contributed by atoms with van der Waals surface area (Å²) in [6, 6.07) is 9.86. The Morgan fingerprint density at radius 2 is 1.15 bits per heavy atom. The molecule has 71 heavy (non-hydrogen) atoms. The van der Waals surface area contributed by atoms with Crippen LogP contribution in [-0.2, 0) is 57.4 Å². The van der Waals surface area contributed by atoms with Gasteiger partial charge in [0.15, 0.2) is 11.0 Å². The van der Waals surface area contributed by atoms with Crippen molar-refractivity contribution in [2.75, 3.05) is 91.9 Å². The van der Waals surface area contributed by atoms with Gasteiger partial charge in [-0.2, -0.15) is 14.5 Å². The SMILES string of the molecule is CCCc1nn(C)c2c(=O)[nH]c(-c3cc(S(=O)N4CCN(CCOC(=O)OCCN5CCN(S(=O)(=O)c6ccc(OCC)c(-c7nc8c(CCC)nn(C)c8c(=O)[nH]7)c6)CC5)CC4)ccc3OCC)nc12. The first-order valence-corrected chi connectivity index (χ1v) is 26.7. The van der Waals surface area contributed by atoms with E-state index in [1.807, 2.05) is 36.9 Å². The minimum absolute atomic E-state index is 0.0445. The third-order valence-electron chi connectivity index (χ3n) is 12.5. The van der Waals surface area contributed by atoms with Gasteiger partial charge in [0.25, 0.3) is 11.1 Å². The highest BCUT2D eigenvalue weighted by atomic mass is 32.2. The lowest BCUT2D eigenvalue weighted by Gasteiger charge is -2.34. The van der Waals surface area contributed by atoms with Gasteiger partial charge >= 0.3 is 6.16 Å². The molecule has 24 heteroatoms. The first kappa shape index (κ1) is 51.3. The second-order valence-electron chi connectivity index (χ2n) is 17.3. The standard InChI is InChI=1S/C47H62N12O10S2/c1-7-11-35-39-41(54(5)52-35)45(60)50-43(48-39)33-29-31(13-15-37(33)66-9-3)70(63)58-21-17-56(18-22-58)25-27-68-47(62)69-28-26-57-19-23-59(24-20-57)71(64,65)32-14-16-38(67-10-4)34(30-32)44-49-40-36(12-8-2)53-55(6)42(40)46(61)51-44/h13-16,29-30H,7-12,17-28H2,1-6H3,(H,48,50,60)(H,49,51,61). The summed E-state index contributed by atoms with van der Waals surface area (Å²) in [4.78, 5) is 59.0. The summed E-state index contributed by atoms with van der Waals surface area (Å²) in [5.74, 6) is 1.41. The van der Waals surface area contributed by atoms with Crippen LogP contribution in [0.1, 0.15) is 51.9 Å². The number of ether oxygens (including phenoxy) is 4. The molecule has 6 heterocycles. The van der Waals surface area contributed by atoms with Crippen LogP contribution in [0.4, 0.5) is 4.79 Å². The lowest BCUT2D eigenvalue weighted by Crippen LogP contribution is -2.49. The number of carbonyl (C=O) groups is 1. The number of piperazine rings is 2. The van der Waals surface area contributed by atoms with Gasteiger partial charge in [-0.1, -0.05) is 26.7 Å². The zero-order valence-electron chi connectivity index (χ0n) is 41.1. The molecule has 0 radical (unpaired) electrons. The van der Waals surface area contributed by atoms with Gasteiger partial charge in [-0.25, -0.2) is 31.7 Å². The third kappa shape index (κ3) is 11.2. The lowest BCUT2D eigenvalue weighted by molar-refractivity contribution is 0.0371. The first-order valence-electron chi connectivity index (χ1n) is 24.1. The summed E-state index contributed by atoms with van der Waals surface area (Å²) in [6.45, 7) is 13.0. The number of carbonyl (C=O) groups excluding carboxylic acids is 1. The molecule has 1 atom stereocenters. The lowest BCUT2D eigenvalue weighted by atomic mass is 10.1. The number of nitrogens with one attached hydrogen (secondary N) is 2. The highest BCUT2D eigenvalue weighted by molar-refractivity contribution is 7.89. The molecule has 8 rings (SSSR count). The Kier molecular flexibility index (Phi) is 16.3. The van der Waals surface area contributed by atoms with Gasteiger partial charge in [-0.15, -0.1) is 0 Å². The largest absolute Gasteiger partial charge is 0.508 e. The molecule has 4 aromatic heterocycles. The number of aromatic nitrogens is 8. The van der Waals surface area contributed by atoms with E-state index in [9.17, 15) is 27.0 Å². The normalized spacial score (nSPS) is 15.9. The number of aryl methyl sites for hydroxylation is 4. The number of benzene rings is 2. The van der Waals surface area contributed by atoms with E-state index in [0.29, 0.717) is 140 Å². The van der Waals surface area contributed by atoms with E-state index < -0.39 is 27.2 Å². The van der Waals surface area contributed by atoms with Gasteiger partial charge < -0.3 is 28.9 Å². The molecule has 1 unspecified atom stereocenters. The van der Waals surface area contributed by atoms with Crippen LogP contribution in [0.25, 0.3) is 44.8 Å². The molecule has 2 fully saturated rings. The van der Waals surface area contributed by atoms with Crippen LogP contribution in [-0.4, -0.2) is 169 Å². The molecular formula is C47H62N12O10S2. The van der Waals surface area contributed by atoms with Crippen molar-refractivity contribution in [3.05, 3.63) is 68.5 Å². The number of hydrogen-bond donors (Lipinski definition) is 2. The van der Waals surface area contributed by atoms with E-state index in [4.69, 9.17) is 28.9 Å². The van der Waals surface area contributed by atoms with E-state index >= 15 is 0 Å². The Bertz CT molecular complexity index is 3140. The Morgan fingerprint density at radius 3 is 1.65 bits per heavy atom. The molecule has 6 aromatic rings. The van der Waals surface area contributed by atoms with Crippen molar-refractivity contribution in [2.24, 2.45) is 14.1 Å². The van der Waals surface area contributed by atoms with Crippen molar-refractivity contribution in [3.63, 3.8) is 0 Å². The van der Waals surface area contributed by atoms with E-state index in [2.05, 4.69) is 25.1 Å². The Hall–Kier alpha value is -6.05. The fraction of sp³-hybridized carbons (Fsp3) is 0.511. The molecule has 382 valence electrons. The van der Waals surface area contributed by atoms with Gasteiger partial charge in [0.1, 0.15) is 58.4 Å². The van der Waals surface area contributed by atoms with Crippen LogP contribution >= 0.6 is 0 Å². The van der Waals surface area contributed by atoms with Crippen LogP contribution < -0.4 is 20.6 Å². The predicted octanol–water partition coefficient (Wildman–Crippen LogP) is 3.46. The third-order valence-corrected chi connectivity index (χ3v) is 15.9. The summed E-state index contributed by atoms with van der Waals surface area (Å²) >= 11 is 0. The summed E-state index contributed by atoms with van der Waals surface area (Å²) in [5, 5.41) is 9.02. The number of nitrogens with zero attached hydrogens (tertiary/aromatic N) is 10. The number of fused-ring (bicyclic) bond motifs is 2. The van der Waals surface area contributed by atoms with Crippen LogP contribution in [0, 0.1) is 0 Å².